The van der Waals surface area contributed by atoms with Gasteiger partial charge in [-0.05, 0) is 18.8 Å². The molecule has 17 heavy (non-hydrogen) atoms. The molecule has 0 aliphatic carbocycles. The lowest BCUT2D eigenvalue weighted by molar-refractivity contribution is -0.154. The number of carbonyl (C=O) groups excluding carboxylic acids is 2. The van der Waals surface area contributed by atoms with Gasteiger partial charge >= 0.3 is 6.09 Å². The second kappa shape index (κ2) is 4.94. The van der Waals surface area contributed by atoms with Crippen molar-refractivity contribution in [1.82, 2.24) is 9.80 Å². The number of hydrogen-bond donors (Lipinski definition) is 0. The van der Waals surface area contributed by atoms with Crippen LogP contribution in [0.2, 0.25) is 0 Å². The zero-order valence-electron chi connectivity index (χ0n) is 10.5. The maximum Gasteiger partial charge on any atom is 0.410 e. The van der Waals surface area contributed by atoms with Gasteiger partial charge in [0.05, 0.1) is 6.54 Å². The fourth-order valence-electron chi connectivity index (χ4n) is 2.36. The zero-order chi connectivity index (χ0) is 12.4. The number of hydrogen-bond acceptors (Lipinski definition) is 3. The minimum absolute atomic E-state index is 0.0956. The van der Waals surface area contributed by atoms with Gasteiger partial charge in [0.15, 0.2) is 6.10 Å². The lowest BCUT2D eigenvalue weighted by atomic mass is 9.95. The molecule has 1 unspecified atom stereocenters. The monoisotopic (exact) mass is 240 g/mol. The minimum Gasteiger partial charge on any atom is -0.434 e. The molecule has 2 saturated heterocycles. The summed E-state index contributed by atoms with van der Waals surface area (Å²) >= 11 is 0. The van der Waals surface area contributed by atoms with Crippen LogP contribution in [0.1, 0.15) is 26.2 Å². The molecule has 0 N–H and O–H groups in total. The third-order valence-electron chi connectivity index (χ3n) is 3.78. The normalized spacial score (nSPS) is 25.8. The van der Waals surface area contributed by atoms with Crippen molar-refractivity contribution < 1.29 is 14.3 Å². The van der Waals surface area contributed by atoms with E-state index >= 15 is 0 Å². The minimum atomic E-state index is -0.545. The van der Waals surface area contributed by atoms with E-state index in [9.17, 15) is 9.59 Å². The van der Waals surface area contributed by atoms with E-state index in [4.69, 9.17) is 4.74 Å². The van der Waals surface area contributed by atoms with E-state index in [-0.39, 0.29) is 12.0 Å². The SMILES string of the molecule is CCC1CCN(C(=O)OC2CN(C)C2=O)CC1. The largest absolute Gasteiger partial charge is 0.434 e. The number of ether oxygens (including phenoxy) is 1. The van der Waals surface area contributed by atoms with Crippen molar-refractivity contribution in [2.45, 2.75) is 32.3 Å². The van der Waals surface area contributed by atoms with E-state index in [1.165, 1.54) is 6.42 Å². The summed E-state index contributed by atoms with van der Waals surface area (Å²) in [5, 5.41) is 0. The van der Waals surface area contributed by atoms with Gasteiger partial charge in [0.2, 0.25) is 0 Å². The molecule has 2 heterocycles. The molecule has 96 valence electrons. The Morgan fingerprint density at radius 3 is 2.53 bits per heavy atom. The summed E-state index contributed by atoms with van der Waals surface area (Å²) in [5.74, 6) is 0.636. The van der Waals surface area contributed by atoms with E-state index in [1.807, 2.05) is 0 Å². The van der Waals surface area contributed by atoms with Crippen LogP contribution in [-0.2, 0) is 9.53 Å². The highest BCUT2D eigenvalue weighted by Crippen LogP contribution is 2.21. The average Bonchev–Trinajstić information content (AvgIpc) is 2.38. The van der Waals surface area contributed by atoms with Gasteiger partial charge in [-0.3, -0.25) is 4.79 Å². The number of rotatable bonds is 2. The summed E-state index contributed by atoms with van der Waals surface area (Å²) in [6, 6.07) is 0. The van der Waals surface area contributed by atoms with Crippen LogP contribution >= 0.6 is 0 Å². The van der Waals surface area contributed by atoms with Crippen LogP contribution in [0.3, 0.4) is 0 Å². The predicted molar refractivity (Wildman–Crippen MR) is 62.5 cm³/mol. The summed E-state index contributed by atoms with van der Waals surface area (Å²) in [5.41, 5.74) is 0. The summed E-state index contributed by atoms with van der Waals surface area (Å²) in [4.78, 5) is 26.4. The Bertz CT molecular complexity index is 311. The first-order valence-electron chi connectivity index (χ1n) is 6.32. The van der Waals surface area contributed by atoms with Gasteiger partial charge in [-0.1, -0.05) is 13.3 Å². The molecule has 5 nitrogen and oxygen atoms in total. The number of likely N-dealkylation sites (tertiary alicyclic amines) is 2. The fourth-order valence-corrected chi connectivity index (χ4v) is 2.36. The number of nitrogens with zero attached hydrogens (tertiary/aromatic N) is 2. The van der Waals surface area contributed by atoms with Gasteiger partial charge < -0.3 is 14.5 Å². The predicted octanol–water partition coefficient (Wildman–Crippen LogP) is 1.09. The zero-order valence-corrected chi connectivity index (χ0v) is 10.5. The van der Waals surface area contributed by atoms with Crippen LogP contribution in [0.4, 0.5) is 4.79 Å². The van der Waals surface area contributed by atoms with Crippen LogP contribution in [-0.4, -0.2) is 54.6 Å². The molecule has 0 aromatic rings. The molecule has 0 saturated carbocycles. The second-order valence-electron chi connectivity index (χ2n) is 4.93. The smallest absolute Gasteiger partial charge is 0.410 e. The molecular weight excluding hydrogens is 220 g/mol. The Morgan fingerprint density at radius 1 is 1.41 bits per heavy atom. The highest BCUT2D eigenvalue weighted by Gasteiger charge is 2.38. The first-order chi connectivity index (χ1) is 8.11. The van der Waals surface area contributed by atoms with Crippen molar-refractivity contribution >= 4 is 12.0 Å². The van der Waals surface area contributed by atoms with Gasteiger partial charge in [0.1, 0.15) is 0 Å². The van der Waals surface area contributed by atoms with E-state index in [1.54, 1.807) is 16.8 Å². The van der Waals surface area contributed by atoms with Crippen molar-refractivity contribution in [2.24, 2.45) is 5.92 Å². The maximum atomic E-state index is 11.8. The Morgan fingerprint density at radius 2 is 2.06 bits per heavy atom. The molecule has 2 aliphatic rings. The summed E-state index contributed by atoms with van der Waals surface area (Å²) in [7, 11) is 1.71. The number of likely N-dealkylation sites (N-methyl/N-ethyl adjacent to an activating group) is 1. The highest BCUT2D eigenvalue weighted by atomic mass is 16.6. The Hall–Kier alpha value is -1.26. The fraction of sp³-hybridized carbons (Fsp3) is 0.833. The number of piperidine rings is 1. The molecule has 0 spiro atoms. The third-order valence-corrected chi connectivity index (χ3v) is 3.78. The molecule has 0 aromatic carbocycles. The van der Waals surface area contributed by atoms with Crippen molar-refractivity contribution in [3.05, 3.63) is 0 Å². The standard InChI is InChI=1S/C12H20N2O3/c1-3-9-4-6-14(7-5-9)12(16)17-10-8-13(2)11(10)15/h9-10H,3-8H2,1-2H3. The van der Waals surface area contributed by atoms with Crippen molar-refractivity contribution in [3.63, 3.8) is 0 Å². The van der Waals surface area contributed by atoms with Gasteiger partial charge in [0.25, 0.3) is 5.91 Å². The maximum absolute atomic E-state index is 11.8. The first kappa shape index (κ1) is 12.2. The van der Waals surface area contributed by atoms with Crippen molar-refractivity contribution in [2.75, 3.05) is 26.7 Å². The molecule has 2 fully saturated rings. The average molecular weight is 240 g/mol. The number of β-lactam (4-membered cyclic amide) rings is 1. The number of amides is 2. The van der Waals surface area contributed by atoms with Gasteiger partial charge in [-0.25, -0.2) is 4.79 Å². The molecule has 2 amide bonds. The van der Waals surface area contributed by atoms with Gasteiger partial charge in [0, 0.05) is 20.1 Å². The van der Waals surface area contributed by atoms with E-state index in [2.05, 4.69) is 6.92 Å². The Kier molecular flexibility index (Phi) is 3.54. The molecule has 0 radical (unpaired) electrons. The molecule has 0 bridgehead atoms. The van der Waals surface area contributed by atoms with Crippen molar-refractivity contribution in [3.8, 4) is 0 Å². The third kappa shape index (κ3) is 2.53. The van der Waals surface area contributed by atoms with Crippen LogP contribution < -0.4 is 0 Å². The van der Waals surface area contributed by atoms with Gasteiger partial charge in [-0.15, -0.1) is 0 Å². The first-order valence-corrected chi connectivity index (χ1v) is 6.32. The lowest BCUT2D eigenvalue weighted by Gasteiger charge is -2.37. The Balaban J connectivity index is 1.76. The molecule has 1 atom stereocenters. The van der Waals surface area contributed by atoms with Crippen LogP contribution in [0.5, 0.6) is 0 Å². The highest BCUT2D eigenvalue weighted by molar-refractivity contribution is 5.88. The van der Waals surface area contributed by atoms with Gasteiger partial charge in [-0.2, -0.15) is 0 Å². The van der Waals surface area contributed by atoms with Crippen LogP contribution in [0.15, 0.2) is 0 Å². The molecule has 5 heteroatoms. The molecule has 2 rings (SSSR count). The number of carbonyl (C=O) groups is 2. The van der Waals surface area contributed by atoms with E-state index < -0.39 is 6.10 Å². The van der Waals surface area contributed by atoms with Crippen LogP contribution in [0, 0.1) is 5.92 Å². The van der Waals surface area contributed by atoms with Crippen LogP contribution in [0.25, 0.3) is 0 Å². The second-order valence-corrected chi connectivity index (χ2v) is 4.93. The van der Waals surface area contributed by atoms with Crippen molar-refractivity contribution in [1.29, 1.82) is 0 Å². The van der Waals surface area contributed by atoms with E-state index in [0.29, 0.717) is 6.54 Å². The van der Waals surface area contributed by atoms with E-state index in [0.717, 1.165) is 31.8 Å². The summed E-state index contributed by atoms with van der Waals surface area (Å²) < 4.78 is 5.17. The molecular formula is C12H20N2O3. The Labute approximate surface area is 102 Å². The summed E-state index contributed by atoms with van der Waals surface area (Å²) in [6.07, 6.45) is 2.39. The lowest BCUT2D eigenvalue weighted by Crippen LogP contribution is -2.57. The quantitative estimate of drug-likeness (QED) is 0.679. The summed E-state index contributed by atoms with van der Waals surface area (Å²) in [6.45, 7) is 4.22. The molecule has 2 aliphatic heterocycles. The molecule has 0 aromatic heterocycles. The topological polar surface area (TPSA) is 49.9 Å².